The normalized spacial score (nSPS) is 23.6. The van der Waals surface area contributed by atoms with Crippen molar-refractivity contribution < 1.29 is 4.79 Å². The number of fused-ring (bicyclic) bond motifs is 1. The number of urea groups is 1. The first-order valence-corrected chi connectivity index (χ1v) is 8.92. The molecule has 6 nitrogen and oxygen atoms in total. The summed E-state index contributed by atoms with van der Waals surface area (Å²) in [6, 6.07) is 10.1. The zero-order valence-electron chi connectivity index (χ0n) is 14.7. The van der Waals surface area contributed by atoms with E-state index in [2.05, 4.69) is 16.5 Å². The predicted octanol–water partition coefficient (Wildman–Crippen LogP) is 2.70. The lowest BCUT2D eigenvalue weighted by Gasteiger charge is -2.25. The molecule has 132 valence electrons. The summed E-state index contributed by atoms with van der Waals surface area (Å²) in [5, 5.41) is 10.1. The molecule has 2 unspecified atom stereocenters. The molecular formula is C18H23N5OS. The molecule has 2 heterocycles. The lowest BCUT2D eigenvalue weighted by molar-refractivity contribution is 0.157. The zero-order chi connectivity index (χ0) is 18.0. The maximum atomic E-state index is 12.5. The van der Waals surface area contributed by atoms with E-state index in [0.29, 0.717) is 18.2 Å². The molecule has 0 bridgehead atoms. The van der Waals surface area contributed by atoms with Gasteiger partial charge in [0.05, 0.1) is 6.21 Å². The summed E-state index contributed by atoms with van der Waals surface area (Å²) in [5.41, 5.74) is 2.13. The van der Waals surface area contributed by atoms with Crippen molar-refractivity contribution in [2.75, 3.05) is 13.1 Å². The third-order valence-corrected chi connectivity index (χ3v) is 4.72. The van der Waals surface area contributed by atoms with Gasteiger partial charge in [0.1, 0.15) is 6.17 Å². The minimum absolute atomic E-state index is 0.0201. The van der Waals surface area contributed by atoms with E-state index >= 15 is 0 Å². The van der Waals surface area contributed by atoms with Gasteiger partial charge in [0, 0.05) is 13.1 Å². The van der Waals surface area contributed by atoms with Crippen LogP contribution in [0.5, 0.6) is 0 Å². The molecule has 0 aliphatic carbocycles. The molecule has 3 rings (SSSR count). The first kappa shape index (κ1) is 17.4. The monoisotopic (exact) mass is 357 g/mol. The van der Waals surface area contributed by atoms with Crippen LogP contribution < -0.4 is 5.32 Å². The van der Waals surface area contributed by atoms with E-state index in [1.165, 1.54) is 0 Å². The summed E-state index contributed by atoms with van der Waals surface area (Å²) in [7, 11) is 0. The molecule has 2 aliphatic heterocycles. The second-order valence-electron chi connectivity index (χ2n) is 6.05. The standard InChI is InChI=1S/C18H23N5OS/c1-4-21-15-16(22(5-2)18(21)24)23(17(25)20-15)19-12-13(3)11-14-9-7-6-8-10-14/h6-12,15-16H,4-5H2,1-3H3,(H,20,25)/b13-11+,19-12+. The number of rotatable bonds is 5. The molecule has 7 heteroatoms. The first-order chi connectivity index (χ1) is 12.1. The number of likely N-dealkylation sites (N-methyl/N-ethyl adjacent to an activating group) is 2. The Balaban J connectivity index is 1.81. The Morgan fingerprint density at radius 3 is 2.56 bits per heavy atom. The van der Waals surface area contributed by atoms with E-state index < -0.39 is 0 Å². The third-order valence-electron chi connectivity index (χ3n) is 4.42. The minimum Gasteiger partial charge on any atom is -0.337 e. The summed E-state index contributed by atoms with van der Waals surface area (Å²) in [5.74, 6) is 0. The molecule has 0 aromatic heterocycles. The highest BCUT2D eigenvalue weighted by Crippen LogP contribution is 2.29. The van der Waals surface area contributed by atoms with Crippen LogP contribution in [-0.4, -0.2) is 57.6 Å². The van der Waals surface area contributed by atoms with Crippen LogP contribution in [0.3, 0.4) is 0 Å². The number of carbonyl (C=O) groups excluding carboxylic acids is 1. The van der Waals surface area contributed by atoms with Crippen molar-refractivity contribution in [3.63, 3.8) is 0 Å². The molecule has 2 fully saturated rings. The largest absolute Gasteiger partial charge is 0.337 e. The van der Waals surface area contributed by atoms with Crippen molar-refractivity contribution in [1.29, 1.82) is 0 Å². The van der Waals surface area contributed by atoms with Crippen LogP contribution >= 0.6 is 12.2 Å². The van der Waals surface area contributed by atoms with Gasteiger partial charge in [0.25, 0.3) is 0 Å². The minimum atomic E-state index is -0.203. The molecule has 0 radical (unpaired) electrons. The van der Waals surface area contributed by atoms with E-state index in [-0.39, 0.29) is 18.4 Å². The van der Waals surface area contributed by atoms with Crippen LogP contribution in [-0.2, 0) is 0 Å². The Morgan fingerprint density at radius 1 is 1.24 bits per heavy atom. The van der Waals surface area contributed by atoms with Crippen molar-refractivity contribution in [3.8, 4) is 0 Å². The van der Waals surface area contributed by atoms with Crippen LogP contribution in [0.2, 0.25) is 0 Å². The Hall–Kier alpha value is -2.41. The third kappa shape index (κ3) is 3.24. The van der Waals surface area contributed by atoms with Gasteiger partial charge in [-0.05, 0) is 44.1 Å². The number of amides is 2. The number of hydrazone groups is 1. The first-order valence-electron chi connectivity index (χ1n) is 8.51. The smallest absolute Gasteiger partial charge is 0.323 e. The SMILES string of the molecule is CCN1C(=O)N(CC)C2C1NC(=S)N2/N=C/C(C)=C/c1ccccc1. The highest BCUT2D eigenvalue weighted by Gasteiger charge is 2.53. The predicted molar refractivity (Wildman–Crippen MR) is 104 cm³/mol. The zero-order valence-corrected chi connectivity index (χ0v) is 15.5. The van der Waals surface area contributed by atoms with E-state index in [1.54, 1.807) is 21.0 Å². The van der Waals surface area contributed by atoms with E-state index in [4.69, 9.17) is 12.2 Å². The number of benzene rings is 1. The average molecular weight is 357 g/mol. The number of nitrogens with zero attached hydrogens (tertiary/aromatic N) is 4. The average Bonchev–Trinajstić information content (AvgIpc) is 3.05. The maximum absolute atomic E-state index is 12.5. The van der Waals surface area contributed by atoms with Gasteiger partial charge in [-0.15, -0.1) is 0 Å². The lowest BCUT2D eigenvalue weighted by atomic mass is 10.1. The van der Waals surface area contributed by atoms with Crippen molar-refractivity contribution in [1.82, 2.24) is 20.1 Å². The second-order valence-corrected chi connectivity index (χ2v) is 6.44. The molecule has 25 heavy (non-hydrogen) atoms. The summed E-state index contributed by atoms with van der Waals surface area (Å²) >= 11 is 5.43. The number of carbonyl (C=O) groups is 1. The van der Waals surface area contributed by atoms with Crippen molar-refractivity contribution >= 4 is 35.7 Å². The lowest BCUT2D eigenvalue weighted by Crippen LogP contribution is -2.43. The van der Waals surface area contributed by atoms with Crippen molar-refractivity contribution in [2.45, 2.75) is 33.1 Å². The molecule has 0 saturated carbocycles. The van der Waals surface area contributed by atoms with Gasteiger partial charge in [0.15, 0.2) is 11.3 Å². The van der Waals surface area contributed by atoms with Crippen LogP contribution in [0, 0.1) is 0 Å². The number of thiocarbonyl (C=S) groups is 1. The Labute approximate surface area is 153 Å². The molecule has 2 saturated heterocycles. The molecule has 2 atom stereocenters. The second kappa shape index (κ2) is 7.23. The highest BCUT2D eigenvalue weighted by molar-refractivity contribution is 7.80. The molecule has 2 amide bonds. The quantitative estimate of drug-likeness (QED) is 0.650. The van der Waals surface area contributed by atoms with Gasteiger partial charge >= 0.3 is 6.03 Å². The van der Waals surface area contributed by atoms with Crippen LogP contribution in [0.25, 0.3) is 6.08 Å². The molecular weight excluding hydrogens is 334 g/mol. The Morgan fingerprint density at radius 2 is 1.92 bits per heavy atom. The highest BCUT2D eigenvalue weighted by atomic mass is 32.1. The van der Waals surface area contributed by atoms with Crippen LogP contribution in [0.1, 0.15) is 26.3 Å². The number of hydrogen-bond acceptors (Lipinski definition) is 3. The van der Waals surface area contributed by atoms with E-state index in [9.17, 15) is 4.79 Å². The van der Waals surface area contributed by atoms with Gasteiger partial charge < -0.3 is 10.2 Å². The van der Waals surface area contributed by atoms with Gasteiger partial charge in [-0.2, -0.15) is 5.10 Å². The van der Waals surface area contributed by atoms with Gasteiger partial charge in [-0.25, -0.2) is 9.80 Å². The fourth-order valence-corrected chi connectivity index (χ4v) is 3.51. The van der Waals surface area contributed by atoms with Gasteiger partial charge in [-0.1, -0.05) is 36.4 Å². The summed E-state index contributed by atoms with van der Waals surface area (Å²) in [6.07, 6.45) is 3.49. The molecule has 1 aromatic carbocycles. The molecule has 2 aliphatic rings. The number of allylic oxidation sites excluding steroid dienone is 1. The van der Waals surface area contributed by atoms with Gasteiger partial charge in [0.2, 0.25) is 0 Å². The van der Waals surface area contributed by atoms with Gasteiger partial charge in [-0.3, -0.25) is 4.90 Å². The molecule has 1 N–H and O–H groups in total. The van der Waals surface area contributed by atoms with E-state index in [0.717, 1.165) is 11.1 Å². The fourth-order valence-electron chi connectivity index (χ4n) is 3.24. The number of hydrogen-bond donors (Lipinski definition) is 1. The Kier molecular flexibility index (Phi) is 5.03. The molecule has 0 spiro atoms. The van der Waals surface area contributed by atoms with E-state index in [1.807, 2.05) is 51.1 Å². The van der Waals surface area contributed by atoms with Crippen molar-refractivity contribution in [3.05, 3.63) is 41.5 Å². The Bertz CT molecular complexity index is 717. The van der Waals surface area contributed by atoms with Crippen molar-refractivity contribution in [2.24, 2.45) is 5.10 Å². The topological polar surface area (TPSA) is 51.2 Å². The number of nitrogens with one attached hydrogen (secondary N) is 1. The summed E-state index contributed by atoms with van der Waals surface area (Å²) < 4.78 is 0. The summed E-state index contributed by atoms with van der Waals surface area (Å²) in [4.78, 5) is 16.1. The molecule has 1 aromatic rings. The maximum Gasteiger partial charge on any atom is 0.323 e. The summed E-state index contributed by atoms with van der Waals surface area (Å²) in [6.45, 7) is 7.19. The van der Waals surface area contributed by atoms with Crippen LogP contribution in [0.4, 0.5) is 4.79 Å². The van der Waals surface area contributed by atoms with Crippen LogP contribution in [0.15, 0.2) is 41.0 Å². The fraction of sp³-hybridized carbons (Fsp3) is 0.389.